The van der Waals surface area contributed by atoms with Crippen LogP contribution >= 0.6 is 23.2 Å². The number of hydrogen-bond acceptors (Lipinski definition) is 5. The third kappa shape index (κ3) is 4.29. The van der Waals surface area contributed by atoms with E-state index in [0.29, 0.717) is 11.3 Å². The number of esters is 1. The molecule has 8 heteroatoms. The smallest absolute Gasteiger partial charge is 0.412 e. The van der Waals surface area contributed by atoms with Crippen molar-refractivity contribution in [3.63, 3.8) is 0 Å². The van der Waals surface area contributed by atoms with E-state index in [0.717, 1.165) is 0 Å². The van der Waals surface area contributed by atoms with Gasteiger partial charge in [0.1, 0.15) is 10.8 Å². The van der Waals surface area contributed by atoms with Gasteiger partial charge in [-0.2, -0.15) is 0 Å². The fraction of sp³-hybridized carbons (Fsp3) is 0.286. The highest BCUT2D eigenvalue weighted by Crippen LogP contribution is 2.37. The molecule has 1 atom stereocenters. The predicted molar refractivity (Wildman–Crippen MR) is 83.7 cm³/mol. The lowest BCUT2D eigenvalue weighted by Gasteiger charge is -2.16. The number of amides is 1. The molecule has 0 saturated carbocycles. The molecule has 1 aromatic rings. The van der Waals surface area contributed by atoms with E-state index in [1.54, 1.807) is 0 Å². The first-order chi connectivity index (χ1) is 10.3. The second kappa shape index (κ2) is 7.91. The average molecular weight is 348 g/mol. The minimum Gasteiger partial charge on any atom is -0.495 e. The first-order valence-corrected chi connectivity index (χ1v) is 6.80. The molecule has 1 N–H and O–H groups in total. The van der Waals surface area contributed by atoms with Crippen molar-refractivity contribution in [2.24, 2.45) is 0 Å². The molecule has 1 amide bonds. The number of hydrogen-bond donors (Lipinski definition) is 1. The van der Waals surface area contributed by atoms with Gasteiger partial charge in [0.15, 0.2) is 0 Å². The molecule has 1 unspecified atom stereocenters. The molecule has 0 spiro atoms. The van der Waals surface area contributed by atoms with Gasteiger partial charge in [-0.25, -0.2) is 9.59 Å². The minimum atomic E-state index is -1.21. The molecular formula is C14H15Cl2NO5. The third-order valence-electron chi connectivity index (χ3n) is 2.59. The molecule has 0 bridgehead atoms. The van der Waals surface area contributed by atoms with Crippen molar-refractivity contribution in [2.45, 2.75) is 13.0 Å². The topological polar surface area (TPSA) is 73.9 Å². The van der Waals surface area contributed by atoms with Crippen molar-refractivity contribution in [1.29, 1.82) is 0 Å². The lowest BCUT2D eigenvalue weighted by molar-refractivity contribution is -0.148. The van der Waals surface area contributed by atoms with Crippen molar-refractivity contribution in [1.82, 2.24) is 0 Å². The van der Waals surface area contributed by atoms with E-state index in [1.807, 2.05) is 0 Å². The summed E-state index contributed by atoms with van der Waals surface area (Å²) in [6.45, 7) is 5.10. The van der Waals surface area contributed by atoms with Crippen LogP contribution in [0.2, 0.25) is 10.0 Å². The predicted octanol–water partition coefficient (Wildman–Crippen LogP) is 3.67. The van der Waals surface area contributed by atoms with Crippen LogP contribution in [0.15, 0.2) is 24.3 Å². The number of ether oxygens (including phenoxy) is 3. The summed E-state index contributed by atoms with van der Waals surface area (Å²) in [5.74, 6) is -0.374. The number of anilines is 1. The molecule has 0 fully saturated rings. The third-order valence-corrected chi connectivity index (χ3v) is 3.46. The molecule has 0 aliphatic rings. The SMILES string of the molecule is C=C(C)C(OC(=O)Nc1ccc(OC)c(Cl)c1Cl)C(=O)OC. The standard InChI is InChI=1S/C14H15Cl2NO5/c1-7(2)12(13(18)21-4)22-14(19)17-8-5-6-9(20-3)11(16)10(8)15/h5-6,12H,1H2,2-4H3,(H,17,19). The molecule has 0 heterocycles. The van der Waals surface area contributed by atoms with Gasteiger partial charge < -0.3 is 14.2 Å². The van der Waals surface area contributed by atoms with Gasteiger partial charge in [0, 0.05) is 0 Å². The van der Waals surface area contributed by atoms with E-state index >= 15 is 0 Å². The second-order valence-corrected chi connectivity index (χ2v) is 4.98. The van der Waals surface area contributed by atoms with Crippen LogP contribution in [0.1, 0.15) is 6.92 Å². The Labute approximate surface area is 137 Å². The van der Waals surface area contributed by atoms with Crippen LogP contribution in [-0.4, -0.2) is 32.4 Å². The van der Waals surface area contributed by atoms with Gasteiger partial charge in [0.05, 0.1) is 24.9 Å². The number of nitrogens with one attached hydrogen (secondary N) is 1. The number of halogens is 2. The Morgan fingerprint density at radius 3 is 2.36 bits per heavy atom. The lowest BCUT2D eigenvalue weighted by Crippen LogP contribution is -2.31. The molecule has 0 saturated heterocycles. The van der Waals surface area contributed by atoms with Crippen LogP contribution in [0.5, 0.6) is 5.75 Å². The van der Waals surface area contributed by atoms with E-state index in [1.165, 1.54) is 33.3 Å². The van der Waals surface area contributed by atoms with Gasteiger partial charge in [-0.05, 0) is 24.6 Å². The molecule has 1 aromatic carbocycles. The van der Waals surface area contributed by atoms with Crippen LogP contribution in [0, 0.1) is 0 Å². The largest absolute Gasteiger partial charge is 0.495 e. The molecular weight excluding hydrogens is 333 g/mol. The van der Waals surface area contributed by atoms with Crippen LogP contribution in [-0.2, 0) is 14.3 Å². The van der Waals surface area contributed by atoms with E-state index in [9.17, 15) is 9.59 Å². The first-order valence-electron chi connectivity index (χ1n) is 6.04. The Balaban J connectivity index is 2.87. The minimum absolute atomic E-state index is 0.0860. The number of carbonyl (C=O) groups excluding carboxylic acids is 2. The number of benzene rings is 1. The highest BCUT2D eigenvalue weighted by Gasteiger charge is 2.25. The van der Waals surface area contributed by atoms with Crippen molar-refractivity contribution < 1.29 is 23.8 Å². The van der Waals surface area contributed by atoms with E-state index in [2.05, 4.69) is 16.6 Å². The summed E-state index contributed by atoms with van der Waals surface area (Å²) < 4.78 is 14.5. The van der Waals surface area contributed by atoms with E-state index < -0.39 is 18.2 Å². The fourth-order valence-electron chi connectivity index (χ4n) is 1.49. The maximum Gasteiger partial charge on any atom is 0.412 e. The van der Waals surface area contributed by atoms with Crippen molar-refractivity contribution >= 4 is 41.0 Å². The number of rotatable bonds is 5. The van der Waals surface area contributed by atoms with E-state index in [-0.39, 0.29) is 15.7 Å². The van der Waals surface area contributed by atoms with Gasteiger partial charge in [-0.15, -0.1) is 0 Å². The summed E-state index contributed by atoms with van der Waals surface area (Å²) in [6, 6.07) is 3.02. The highest BCUT2D eigenvalue weighted by molar-refractivity contribution is 6.44. The molecule has 1 rings (SSSR count). The molecule has 0 radical (unpaired) electrons. The fourth-order valence-corrected chi connectivity index (χ4v) is 1.93. The molecule has 22 heavy (non-hydrogen) atoms. The van der Waals surface area contributed by atoms with Crippen molar-refractivity contribution in [2.75, 3.05) is 19.5 Å². The average Bonchev–Trinajstić information content (AvgIpc) is 2.48. The van der Waals surface area contributed by atoms with Gasteiger partial charge >= 0.3 is 12.1 Å². The quantitative estimate of drug-likeness (QED) is 0.649. The van der Waals surface area contributed by atoms with Crippen LogP contribution in [0.25, 0.3) is 0 Å². The first kappa shape index (κ1) is 18.1. The van der Waals surface area contributed by atoms with Crippen LogP contribution < -0.4 is 10.1 Å². The maximum atomic E-state index is 11.9. The summed E-state index contributed by atoms with van der Waals surface area (Å²) in [5, 5.41) is 2.62. The van der Waals surface area contributed by atoms with Crippen molar-refractivity contribution in [3.05, 3.63) is 34.3 Å². The Morgan fingerprint density at radius 1 is 1.23 bits per heavy atom. The monoisotopic (exact) mass is 347 g/mol. The molecule has 0 aliphatic heterocycles. The Morgan fingerprint density at radius 2 is 1.86 bits per heavy atom. The Bertz CT molecular complexity index is 603. The maximum absolute atomic E-state index is 11.9. The summed E-state index contributed by atoms with van der Waals surface area (Å²) in [6.07, 6.45) is -2.11. The second-order valence-electron chi connectivity index (χ2n) is 4.22. The molecule has 120 valence electrons. The lowest BCUT2D eigenvalue weighted by atomic mass is 10.2. The van der Waals surface area contributed by atoms with Gasteiger partial charge in [0.2, 0.25) is 6.10 Å². The molecule has 0 aromatic heterocycles. The van der Waals surface area contributed by atoms with E-state index in [4.69, 9.17) is 32.7 Å². The van der Waals surface area contributed by atoms with Crippen LogP contribution in [0.3, 0.4) is 0 Å². The van der Waals surface area contributed by atoms with Crippen LogP contribution in [0.4, 0.5) is 10.5 Å². The Hall–Kier alpha value is -1.92. The molecule has 0 aliphatic carbocycles. The summed E-state index contributed by atoms with van der Waals surface area (Å²) >= 11 is 12.0. The summed E-state index contributed by atoms with van der Waals surface area (Å²) in [4.78, 5) is 23.3. The summed E-state index contributed by atoms with van der Waals surface area (Å²) in [7, 11) is 2.62. The summed E-state index contributed by atoms with van der Waals surface area (Å²) in [5.41, 5.74) is 0.531. The normalized spacial score (nSPS) is 11.3. The highest BCUT2D eigenvalue weighted by atomic mass is 35.5. The van der Waals surface area contributed by atoms with Crippen molar-refractivity contribution in [3.8, 4) is 5.75 Å². The Kier molecular flexibility index (Phi) is 6.52. The molecule has 6 nitrogen and oxygen atoms in total. The van der Waals surface area contributed by atoms with Gasteiger partial charge in [0.25, 0.3) is 0 Å². The number of methoxy groups -OCH3 is 2. The van der Waals surface area contributed by atoms with Gasteiger partial charge in [-0.3, -0.25) is 5.32 Å². The zero-order chi connectivity index (χ0) is 16.9. The number of carbonyl (C=O) groups is 2. The zero-order valence-electron chi connectivity index (χ0n) is 12.2. The zero-order valence-corrected chi connectivity index (χ0v) is 13.7. The van der Waals surface area contributed by atoms with Gasteiger partial charge in [-0.1, -0.05) is 29.8 Å².